The Morgan fingerprint density at radius 1 is 0.307 bits per heavy atom. The van der Waals surface area contributed by atoms with E-state index in [1.165, 1.54) is 4.90 Å². The Morgan fingerprint density at radius 2 is 0.545 bits per heavy atom. The fourth-order valence-corrected chi connectivity index (χ4v) is 11.6. The van der Waals surface area contributed by atoms with Crippen molar-refractivity contribution in [3.8, 4) is 11.5 Å². The third-order valence-corrected chi connectivity index (χ3v) is 14.9. The second kappa shape index (κ2) is 26.7. The van der Waals surface area contributed by atoms with Gasteiger partial charge in [0.25, 0.3) is 0 Å². The van der Waals surface area contributed by atoms with Gasteiger partial charge in [-0.05, 0) is 50.2 Å². The molecule has 0 heterocycles. The molecule has 0 aliphatic heterocycles. The van der Waals surface area contributed by atoms with E-state index in [2.05, 4.69) is 48.5 Å². The molecule has 476 valence electrons. The zero-order valence-electron chi connectivity index (χ0n) is 43.4. The molecule has 0 atom stereocenters. The second-order valence-electron chi connectivity index (χ2n) is 17.6. The van der Waals surface area contributed by atoms with Crippen LogP contribution < -0.4 is 31.3 Å². The van der Waals surface area contributed by atoms with E-state index < -0.39 is 168 Å². The number of ether oxygens (including phenoxy) is 4. The van der Waals surface area contributed by atoms with Gasteiger partial charge in [0.2, 0.25) is 9.79 Å². The molecule has 0 saturated carbocycles. The van der Waals surface area contributed by atoms with Crippen LogP contribution in [0.3, 0.4) is 0 Å². The molecule has 0 aromatic heterocycles. The summed E-state index contributed by atoms with van der Waals surface area (Å²) < 4.78 is 441. The Labute approximate surface area is 478 Å². The quantitative estimate of drug-likeness (QED) is 0.0227. The molecule has 0 radical (unpaired) electrons. The van der Waals surface area contributed by atoms with Crippen molar-refractivity contribution in [3.05, 3.63) is 194 Å². The highest BCUT2D eigenvalue weighted by Crippen LogP contribution is 2.45. The largest absolute Gasteiger partial charge is 0.486 e. The summed E-state index contributed by atoms with van der Waals surface area (Å²) in [4.78, 5) is 3.47. The van der Waals surface area contributed by atoms with Crippen molar-refractivity contribution in [2.75, 3.05) is 39.6 Å². The third-order valence-electron chi connectivity index (χ3n) is 12.6. The van der Waals surface area contributed by atoms with Crippen LogP contribution in [0.2, 0.25) is 0 Å². The maximum Gasteiger partial charge on any atom is 0.416 e. The van der Waals surface area contributed by atoms with Crippen LogP contribution in [0.25, 0.3) is 0 Å². The van der Waals surface area contributed by atoms with Crippen molar-refractivity contribution in [1.29, 1.82) is 0 Å². The first-order valence-corrected chi connectivity index (χ1v) is 25.4. The van der Waals surface area contributed by atoms with Crippen molar-refractivity contribution in [2.45, 2.75) is 53.2 Å². The van der Waals surface area contributed by atoms with E-state index in [0.29, 0.717) is 39.6 Å². The molecule has 0 fully saturated rings. The minimum atomic E-state index is -8.89. The van der Waals surface area contributed by atoms with Crippen LogP contribution in [0.4, 0.5) is 123 Å². The maximum absolute atomic E-state index is 16.0. The molecule has 7 aromatic carbocycles. The van der Waals surface area contributed by atoms with Crippen LogP contribution >= 0.6 is 0 Å². The van der Waals surface area contributed by atoms with Crippen LogP contribution in [-0.4, -0.2) is 45.8 Å². The average Bonchev–Trinajstić information content (AvgIpc) is 0.670. The van der Waals surface area contributed by atoms with Crippen LogP contribution in [0.15, 0.2) is 93.5 Å². The summed E-state index contributed by atoms with van der Waals surface area (Å²) in [5.74, 6) is -68.0. The smallest absolute Gasteiger partial charge is 0.416 e. The zero-order valence-corrected chi connectivity index (χ0v) is 44.3. The minimum Gasteiger partial charge on any atom is -0.486 e. The predicted molar refractivity (Wildman–Crippen MR) is 255 cm³/mol. The normalized spacial score (nSPS) is 12.4. The number of alkyl halides is 12. The van der Waals surface area contributed by atoms with E-state index in [-0.39, 0.29) is 10.9 Å². The highest BCUT2D eigenvalue weighted by Gasteiger charge is 2.60. The molecule has 0 aliphatic rings. The van der Waals surface area contributed by atoms with E-state index in [0.717, 1.165) is 21.3 Å². The number of hydrogen-bond donors (Lipinski definition) is 0. The third kappa shape index (κ3) is 13.0. The van der Waals surface area contributed by atoms with E-state index >= 15 is 35.1 Å². The first kappa shape index (κ1) is 69.6. The molecular weight excluding hydrogens is 1290 g/mol. The molecule has 0 bridgehead atoms. The van der Waals surface area contributed by atoms with Crippen molar-refractivity contribution >= 4 is 38.9 Å². The lowest BCUT2D eigenvalue weighted by molar-refractivity contribution is -0.140. The molecule has 7 aromatic rings. The molecule has 4 nitrogen and oxygen atoms in total. The highest BCUT2D eigenvalue weighted by molar-refractivity contribution is 7.97. The zero-order chi connectivity index (χ0) is 66.1. The first-order chi connectivity index (χ1) is 40.9. The average molecular weight is 1320 g/mol. The summed E-state index contributed by atoms with van der Waals surface area (Å²) in [6.07, 6.45) is -39.5. The Kier molecular flexibility index (Phi) is 21.1. The maximum atomic E-state index is 16.0. The van der Waals surface area contributed by atoms with Crippen molar-refractivity contribution in [1.82, 2.24) is 0 Å². The molecule has 0 unspecified atom stereocenters. The fraction of sp³-hybridized carbons (Fsp3) is 0.222. The Morgan fingerprint density at radius 3 is 0.795 bits per heavy atom. The number of benzene rings is 7. The van der Waals surface area contributed by atoms with Gasteiger partial charge in [0.05, 0.1) is 35.5 Å². The number of hydrogen-bond acceptors (Lipinski definition) is 4. The van der Waals surface area contributed by atoms with Crippen molar-refractivity contribution in [3.63, 3.8) is 0 Å². The molecule has 0 spiro atoms. The van der Waals surface area contributed by atoms with Crippen LogP contribution in [-0.2, 0) is 45.1 Å². The number of para-hydroxylation sites is 2. The topological polar surface area (TPSA) is 36.9 Å². The molecule has 0 N–H and O–H groups in total. The summed E-state index contributed by atoms with van der Waals surface area (Å²) in [5.41, 5.74) is -38.1. The van der Waals surface area contributed by atoms with Gasteiger partial charge >= 0.3 is 24.7 Å². The molecule has 88 heavy (non-hydrogen) atoms. The summed E-state index contributed by atoms with van der Waals surface area (Å²) in [5, 5.41) is 0. The van der Waals surface area contributed by atoms with Gasteiger partial charge in [-0.1, -0.05) is 42.5 Å². The number of rotatable bonds is 17. The monoisotopic (exact) mass is 1320 g/mol. The van der Waals surface area contributed by atoms with Gasteiger partial charge in [0.1, 0.15) is 53.5 Å². The lowest BCUT2D eigenvalue weighted by atomic mass is 9.11. The van der Waals surface area contributed by atoms with Gasteiger partial charge in [0.15, 0.2) is 86.2 Å². The SMILES string of the molecule is CCOCCOc1ccccc1[S+](c1ccccc1)c1ccccc1OCCOCC.Fc1c(F)c(F)c(C(F)(F)F)c([B-](c2c(F)c(F)c(F)c(F)c2C(F)(F)F)(c2c(F)c(F)c(F)c(F)c2C(F)(F)F)c2c(F)c(F)c(F)c(F)c2C(F)(F)F)c1F. The summed E-state index contributed by atoms with van der Waals surface area (Å²) >= 11 is 0. The van der Waals surface area contributed by atoms with Gasteiger partial charge in [0, 0.05) is 13.2 Å². The van der Waals surface area contributed by atoms with Gasteiger partial charge in [-0.3, -0.25) is 0 Å². The first-order valence-electron chi connectivity index (χ1n) is 24.2. The summed E-state index contributed by atoms with van der Waals surface area (Å²) in [6.45, 7) is 7.53. The Bertz CT molecular complexity index is 3330. The highest BCUT2D eigenvalue weighted by atomic mass is 32.2. The van der Waals surface area contributed by atoms with Gasteiger partial charge in [-0.15, -0.1) is 21.9 Å². The number of halogens is 28. The van der Waals surface area contributed by atoms with Crippen LogP contribution in [0.5, 0.6) is 11.5 Å². The summed E-state index contributed by atoms with van der Waals surface area (Å²) in [7, 11) is -0.384. The van der Waals surface area contributed by atoms with E-state index in [4.69, 9.17) is 18.9 Å². The van der Waals surface area contributed by atoms with Gasteiger partial charge in [-0.25, -0.2) is 70.2 Å². The lowest BCUT2D eigenvalue weighted by Crippen LogP contribution is -2.82. The molecule has 7 rings (SSSR count). The van der Waals surface area contributed by atoms with Gasteiger partial charge < -0.3 is 18.9 Å². The molecular formula is C54H31BF28O4S. The van der Waals surface area contributed by atoms with Gasteiger partial charge in [-0.2, -0.15) is 52.7 Å². The summed E-state index contributed by atoms with van der Waals surface area (Å²) in [6, 6.07) is 27.0. The molecule has 0 saturated heterocycles. The van der Waals surface area contributed by atoms with Crippen LogP contribution in [0, 0.1) is 93.1 Å². The predicted octanol–water partition coefficient (Wildman–Crippen LogP) is 15.0. The Hall–Kier alpha value is -7.49. The van der Waals surface area contributed by atoms with Crippen molar-refractivity contribution in [2.24, 2.45) is 0 Å². The van der Waals surface area contributed by atoms with Crippen molar-refractivity contribution < 1.29 is 142 Å². The molecule has 0 aliphatic carbocycles. The Balaban J connectivity index is 0.000000334. The minimum absolute atomic E-state index is 0.384. The standard InChI is InChI=1S/C28BF28.C26H31O4S/c30-9-1(25(46,47)48)5(13(34)21(42)17(9)38)29(6-2(26(49,50)51)10(31)18(39)22(43)14(6)35,7-3(27(52,53)54)11(32)19(40)23(44)15(7)36)8-4(28(55,56)57)12(33)20(41)24(45)16(8)37;1-3-27-18-20-29-23-14-8-10-16-25(23)31(22-12-6-5-7-13-22)26-17-11-9-15-24(26)30-21-19-28-4-2/h;5-17H,3-4,18-21H2,1-2H3/q-1;+1. The van der Waals surface area contributed by atoms with E-state index in [1.54, 1.807) is 0 Å². The van der Waals surface area contributed by atoms with E-state index in [9.17, 15) is 87.8 Å². The molecule has 0 amide bonds. The van der Waals surface area contributed by atoms with E-state index in [1.807, 2.05) is 44.2 Å². The lowest BCUT2D eigenvalue weighted by Gasteiger charge is -2.49. The fourth-order valence-electron chi connectivity index (χ4n) is 9.31. The van der Waals surface area contributed by atoms with Crippen LogP contribution in [0.1, 0.15) is 36.1 Å². The molecule has 34 heteroatoms. The second-order valence-corrected chi connectivity index (χ2v) is 19.6.